The molecule has 4 nitrogen and oxygen atoms in total. The summed E-state index contributed by atoms with van der Waals surface area (Å²) in [5, 5.41) is 0. The molecule has 25 heavy (non-hydrogen) atoms. The lowest BCUT2D eigenvalue weighted by Gasteiger charge is -2.13. The van der Waals surface area contributed by atoms with E-state index in [4.69, 9.17) is 0 Å². The van der Waals surface area contributed by atoms with Crippen LogP contribution in [-0.2, 0) is 14.6 Å². The smallest absolute Gasteiger partial charge is 0.250 e. The van der Waals surface area contributed by atoms with Gasteiger partial charge in [-0.1, -0.05) is 24.3 Å². The minimum Gasteiger partial charge on any atom is -0.342 e. The largest absolute Gasteiger partial charge is 0.342 e. The number of rotatable bonds is 3. The van der Waals surface area contributed by atoms with Crippen molar-refractivity contribution in [2.45, 2.75) is 11.3 Å². The third-order valence-electron chi connectivity index (χ3n) is 4.31. The molecule has 0 N–H and O–H groups in total. The van der Waals surface area contributed by atoms with Crippen molar-refractivity contribution in [3.05, 3.63) is 71.0 Å². The van der Waals surface area contributed by atoms with Crippen LogP contribution < -0.4 is 0 Å². The maximum absolute atomic E-state index is 13.3. The Morgan fingerprint density at radius 1 is 1.00 bits per heavy atom. The lowest BCUT2D eigenvalue weighted by molar-refractivity contribution is -0.123. The van der Waals surface area contributed by atoms with Gasteiger partial charge >= 0.3 is 0 Å². The number of amides is 1. The molecule has 1 saturated heterocycles. The molecule has 0 aromatic heterocycles. The molecule has 130 valence electrons. The van der Waals surface area contributed by atoms with E-state index < -0.39 is 9.84 Å². The molecule has 0 aliphatic carbocycles. The van der Waals surface area contributed by atoms with Crippen molar-refractivity contribution in [2.75, 3.05) is 19.8 Å². The molecule has 1 fully saturated rings. The Morgan fingerprint density at radius 2 is 1.52 bits per heavy atom. The summed E-state index contributed by atoms with van der Waals surface area (Å²) in [6.45, 7) is 0.625. The van der Waals surface area contributed by atoms with Crippen LogP contribution in [0.4, 0.5) is 4.39 Å². The summed E-state index contributed by atoms with van der Waals surface area (Å²) in [6, 6.07) is 12.4. The highest BCUT2D eigenvalue weighted by atomic mass is 32.2. The van der Waals surface area contributed by atoms with E-state index in [-0.39, 0.29) is 16.6 Å². The Balaban J connectivity index is 2.17. The van der Waals surface area contributed by atoms with Crippen LogP contribution in [0.15, 0.2) is 59.0 Å². The molecule has 1 aliphatic rings. The number of hydrogen-bond acceptors (Lipinski definition) is 3. The summed E-state index contributed by atoms with van der Waals surface area (Å²) in [4.78, 5) is 14.3. The average molecular weight is 359 g/mol. The Bertz CT molecular complexity index is 945. The van der Waals surface area contributed by atoms with E-state index >= 15 is 0 Å². The Morgan fingerprint density at radius 3 is 1.96 bits per heavy atom. The van der Waals surface area contributed by atoms with Crippen LogP contribution in [0.1, 0.15) is 17.5 Å². The van der Waals surface area contributed by atoms with E-state index in [0.29, 0.717) is 18.5 Å². The number of benzene rings is 2. The van der Waals surface area contributed by atoms with Gasteiger partial charge in [0.15, 0.2) is 9.84 Å². The van der Waals surface area contributed by atoms with Gasteiger partial charge in [0, 0.05) is 25.4 Å². The van der Waals surface area contributed by atoms with Crippen LogP contribution in [0.5, 0.6) is 0 Å². The molecule has 2 aromatic carbocycles. The summed E-state index contributed by atoms with van der Waals surface area (Å²) < 4.78 is 36.6. The second-order valence-corrected chi connectivity index (χ2v) is 8.15. The van der Waals surface area contributed by atoms with Gasteiger partial charge in [-0.25, -0.2) is 12.8 Å². The van der Waals surface area contributed by atoms with E-state index in [1.807, 2.05) is 0 Å². The molecule has 0 saturated carbocycles. The van der Waals surface area contributed by atoms with Gasteiger partial charge in [0.05, 0.1) is 4.90 Å². The second-order valence-electron chi connectivity index (χ2n) is 6.13. The number of hydrogen-bond donors (Lipinski definition) is 0. The van der Waals surface area contributed by atoms with Crippen LogP contribution in [-0.4, -0.2) is 39.1 Å². The van der Waals surface area contributed by atoms with E-state index in [0.717, 1.165) is 23.0 Å². The number of nitrogens with zero attached hydrogens (tertiary/aromatic N) is 1. The number of carbonyl (C=O) groups is 1. The minimum absolute atomic E-state index is 0.0634. The number of sulfone groups is 1. The molecule has 1 heterocycles. The van der Waals surface area contributed by atoms with E-state index in [1.165, 1.54) is 24.3 Å². The fraction of sp³-hybridized carbons (Fsp3) is 0.211. The van der Waals surface area contributed by atoms with E-state index in [9.17, 15) is 17.6 Å². The molecule has 6 heteroatoms. The average Bonchev–Trinajstić information content (AvgIpc) is 2.89. The first-order chi connectivity index (χ1) is 11.8. The first kappa shape index (κ1) is 17.4. The highest BCUT2D eigenvalue weighted by Crippen LogP contribution is 2.32. The van der Waals surface area contributed by atoms with Crippen LogP contribution in [0.2, 0.25) is 0 Å². The highest BCUT2D eigenvalue weighted by molar-refractivity contribution is 7.90. The van der Waals surface area contributed by atoms with Crippen molar-refractivity contribution >= 4 is 21.3 Å². The van der Waals surface area contributed by atoms with Crippen molar-refractivity contribution in [3.63, 3.8) is 0 Å². The normalized spacial score (nSPS) is 17.1. The van der Waals surface area contributed by atoms with Gasteiger partial charge in [-0.3, -0.25) is 4.79 Å². The van der Waals surface area contributed by atoms with Crippen molar-refractivity contribution in [1.82, 2.24) is 4.90 Å². The minimum atomic E-state index is -3.29. The Labute approximate surface area is 146 Å². The molecule has 0 spiro atoms. The van der Waals surface area contributed by atoms with Gasteiger partial charge in [0.2, 0.25) is 5.91 Å². The molecule has 0 radical (unpaired) electrons. The van der Waals surface area contributed by atoms with Gasteiger partial charge in [-0.05, 0) is 47.4 Å². The molecular formula is C19H18FNO3S. The van der Waals surface area contributed by atoms with E-state index in [2.05, 4.69) is 0 Å². The number of halogens is 1. The van der Waals surface area contributed by atoms with Gasteiger partial charge in [-0.2, -0.15) is 0 Å². The first-order valence-electron chi connectivity index (χ1n) is 7.82. The lowest BCUT2D eigenvalue weighted by atomic mass is 9.92. The summed E-state index contributed by atoms with van der Waals surface area (Å²) >= 11 is 0. The third kappa shape index (κ3) is 3.49. The van der Waals surface area contributed by atoms with Crippen molar-refractivity contribution in [3.8, 4) is 0 Å². The number of carbonyl (C=O) groups excluding carboxylic acids is 1. The second kappa shape index (κ2) is 6.44. The Kier molecular flexibility index (Phi) is 4.47. The monoisotopic (exact) mass is 359 g/mol. The zero-order valence-corrected chi connectivity index (χ0v) is 14.8. The molecule has 1 amide bonds. The zero-order chi connectivity index (χ0) is 18.2. The van der Waals surface area contributed by atoms with Crippen LogP contribution >= 0.6 is 0 Å². The predicted octanol–water partition coefficient (Wildman–Crippen LogP) is 2.89. The van der Waals surface area contributed by atoms with E-state index in [1.54, 1.807) is 36.2 Å². The molecule has 3 rings (SSSR count). The Hall–Kier alpha value is -2.47. The molecular weight excluding hydrogens is 341 g/mol. The maximum Gasteiger partial charge on any atom is 0.250 e. The van der Waals surface area contributed by atoms with Crippen molar-refractivity contribution in [2.24, 2.45) is 0 Å². The third-order valence-corrected chi connectivity index (χ3v) is 5.44. The maximum atomic E-state index is 13.3. The quantitative estimate of drug-likeness (QED) is 0.792. The van der Waals surface area contributed by atoms with Gasteiger partial charge in [0.25, 0.3) is 0 Å². The molecule has 1 aliphatic heterocycles. The molecule has 0 bridgehead atoms. The fourth-order valence-electron chi connectivity index (χ4n) is 2.95. The molecule has 0 unspecified atom stereocenters. The zero-order valence-electron chi connectivity index (χ0n) is 14.0. The van der Waals surface area contributed by atoms with Crippen LogP contribution in [0.3, 0.4) is 0 Å². The summed E-state index contributed by atoms with van der Waals surface area (Å²) in [5.41, 5.74) is 2.83. The van der Waals surface area contributed by atoms with Gasteiger partial charge < -0.3 is 4.90 Å². The fourth-order valence-corrected chi connectivity index (χ4v) is 3.58. The van der Waals surface area contributed by atoms with Gasteiger partial charge in [0.1, 0.15) is 5.82 Å². The van der Waals surface area contributed by atoms with Gasteiger partial charge in [-0.15, -0.1) is 0 Å². The predicted molar refractivity (Wildman–Crippen MR) is 94.2 cm³/mol. The highest BCUT2D eigenvalue weighted by Gasteiger charge is 2.27. The summed E-state index contributed by atoms with van der Waals surface area (Å²) in [7, 11) is -1.55. The first-order valence-corrected chi connectivity index (χ1v) is 9.71. The topological polar surface area (TPSA) is 54.5 Å². The van der Waals surface area contributed by atoms with Crippen LogP contribution in [0, 0.1) is 5.82 Å². The summed E-state index contributed by atoms with van der Waals surface area (Å²) in [5.74, 6) is -0.415. The standard InChI is InChI=1S/C19H18FNO3S/c1-21-12-11-17(19(21)22)18(13-3-7-15(20)8-4-13)14-5-9-16(10-6-14)25(2,23)24/h3-10H,11-12H2,1-2H3/b18-17+. The summed E-state index contributed by atoms with van der Waals surface area (Å²) in [6.07, 6.45) is 1.74. The van der Waals surface area contributed by atoms with Crippen molar-refractivity contribution < 1.29 is 17.6 Å². The lowest BCUT2D eigenvalue weighted by Crippen LogP contribution is -2.19. The van der Waals surface area contributed by atoms with Crippen molar-refractivity contribution in [1.29, 1.82) is 0 Å². The molecule has 2 aromatic rings. The number of likely N-dealkylation sites (N-methyl/N-ethyl adjacent to an activating group) is 1. The number of likely N-dealkylation sites (tertiary alicyclic amines) is 1. The molecule has 0 atom stereocenters. The van der Waals surface area contributed by atoms with Crippen LogP contribution in [0.25, 0.3) is 5.57 Å². The SMILES string of the molecule is CN1CC/C(=C(/c2ccc(F)cc2)c2ccc(S(C)(=O)=O)cc2)C1=O.